The van der Waals surface area contributed by atoms with E-state index < -0.39 is 9.28 Å². The van der Waals surface area contributed by atoms with Crippen LogP contribution in [0.2, 0.25) is 0 Å². The molecule has 0 amide bonds. The molecule has 100 valence electrons. The Balaban J connectivity index is 1.93. The van der Waals surface area contributed by atoms with Crippen molar-refractivity contribution < 1.29 is 18.3 Å². The third-order valence-electron chi connectivity index (χ3n) is 2.32. The summed E-state index contributed by atoms with van der Waals surface area (Å²) in [7, 11) is -1.54. The number of unbranched alkanes of at least 4 members (excludes halogenated alkanes) is 1. The molecule has 0 aromatic carbocycles. The van der Waals surface area contributed by atoms with Gasteiger partial charge in [0.2, 0.25) is 0 Å². The first-order valence-electron chi connectivity index (χ1n) is 6.46. The lowest BCUT2D eigenvalue weighted by molar-refractivity contribution is 0.115. The van der Waals surface area contributed by atoms with Crippen LogP contribution in [0.15, 0.2) is 11.8 Å². The maximum atomic E-state index is 5.53. The number of allylic oxidation sites excluding steroid dienone is 1. The topological polar surface area (TPSA) is 40.2 Å². The summed E-state index contributed by atoms with van der Waals surface area (Å²) in [6, 6.07) is 0. The van der Waals surface area contributed by atoms with Crippen LogP contribution in [0, 0.1) is 0 Å². The Morgan fingerprint density at radius 2 is 2.00 bits per heavy atom. The number of epoxide rings is 1. The molecule has 0 spiro atoms. The third-order valence-corrected chi connectivity index (χ3v) is 4.23. The molecular formula is C12H24O4Si. The third kappa shape index (κ3) is 8.51. The fraction of sp³-hybridized carbons (Fsp3) is 0.833. The van der Waals surface area contributed by atoms with Crippen LogP contribution < -0.4 is 0 Å². The summed E-state index contributed by atoms with van der Waals surface area (Å²) in [4.78, 5) is 0. The predicted octanol–water partition coefficient (Wildman–Crippen LogP) is 1.57. The lowest BCUT2D eigenvalue weighted by Crippen LogP contribution is -2.20. The highest BCUT2D eigenvalue weighted by atomic mass is 28.3. The molecule has 1 rings (SSSR count). The minimum atomic E-state index is -1.54. The van der Waals surface area contributed by atoms with Crippen molar-refractivity contribution in [1.82, 2.24) is 0 Å². The van der Waals surface area contributed by atoms with E-state index in [0.717, 1.165) is 45.9 Å². The van der Waals surface area contributed by atoms with Gasteiger partial charge < -0.3 is 18.3 Å². The van der Waals surface area contributed by atoms with Crippen LogP contribution in [0.25, 0.3) is 0 Å². The molecular weight excluding hydrogens is 236 g/mol. The highest BCUT2D eigenvalue weighted by Gasteiger charge is 2.21. The molecule has 0 saturated carbocycles. The number of rotatable bonds is 11. The van der Waals surface area contributed by atoms with Gasteiger partial charge in [-0.3, -0.25) is 0 Å². The van der Waals surface area contributed by atoms with Gasteiger partial charge in [-0.05, 0) is 32.4 Å². The van der Waals surface area contributed by atoms with Crippen molar-refractivity contribution in [2.45, 2.75) is 32.8 Å². The van der Waals surface area contributed by atoms with E-state index in [-0.39, 0.29) is 0 Å². The van der Waals surface area contributed by atoms with Crippen LogP contribution in [0.3, 0.4) is 0 Å². The van der Waals surface area contributed by atoms with Gasteiger partial charge in [0, 0.05) is 19.8 Å². The molecule has 1 aliphatic rings. The number of hydrogen-bond donors (Lipinski definition) is 0. The molecule has 4 nitrogen and oxygen atoms in total. The monoisotopic (exact) mass is 260 g/mol. The van der Waals surface area contributed by atoms with Crippen LogP contribution >= 0.6 is 0 Å². The Hall–Kier alpha value is -0.203. The maximum absolute atomic E-state index is 5.53. The first kappa shape index (κ1) is 14.9. The first-order valence-corrected chi connectivity index (χ1v) is 8.07. The zero-order valence-corrected chi connectivity index (χ0v) is 12.0. The van der Waals surface area contributed by atoms with Gasteiger partial charge in [-0.25, -0.2) is 0 Å². The summed E-state index contributed by atoms with van der Waals surface area (Å²) in [5.74, 6) is 0. The zero-order valence-electron chi connectivity index (χ0n) is 10.9. The Bertz CT molecular complexity index is 201. The molecule has 17 heavy (non-hydrogen) atoms. The molecule has 1 unspecified atom stereocenters. The fourth-order valence-corrected chi connectivity index (χ4v) is 2.77. The average Bonchev–Trinajstić information content (AvgIpc) is 3.12. The van der Waals surface area contributed by atoms with Crippen molar-refractivity contribution >= 4 is 9.28 Å². The zero-order chi connectivity index (χ0) is 12.3. The van der Waals surface area contributed by atoms with Crippen LogP contribution in [0.1, 0.15) is 26.7 Å². The number of hydrogen-bond acceptors (Lipinski definition) is 4. The molecule has 1 aliphatic heterocycles. The molecule has 1 heterocycles. The second-order valence-corrected chi connectivity index (χ2v) is 5.67. The molecule has 0 N–H and O–H groups in total. The smallest absolute Gasteiger partial charge is 0.348 e. The number of ether oxygens (including phenoxy) is 2. The van der Waals surface area contributed by atoms with Gasteiger partial charge in [0.25, 0.3) is 0 Å². The minimum Gasteiger partial charge on any atom is -0.394 e. The molecule has 0 aromatic heterocycles. The van der Waals surface area contributed by atoms with E-state index in [4.69, 9.17) is 18.3 Å². The molecule has 5 heteroatoms. The minimum absolute atomic E-state index is 0.373. The van der Waals surface area contributed by atoms with E-state index >= 15 is 0 Å². The Labute approximate surface area is 106 Å². The molecule has 0 aliphatic carbocycles. The molecule has 1 atom stereocenters. The molecule has 1 fully saturated rings. The Morgan fingerprint density at radius 3 is 2.59 bits per heavy atom. The van der Waals surface area contributed by atoms with E-state index in [0.29, 0.717) is 6.10 Å². The summed E-state index contributed by atoms with van der Waals surface area (Å²) in [5.41, 5.74) is 2.11. The quantitative estimate of drug-likeness (QED) is 0.321. The van der Waals surface area contributed by atoms with Gasteiger partial charge in [0.05, 0.1) is 13.2 Å². The molecule has 0 radical (unpaired) electrons. The highest BCUT2D eigenvalue weighted by molar-refractivity contribution is 6.50. The standard InChI is InChI=1S/C12H24O4Si/c1-3-15-17(16-4-2)9-7-5-6-8-13-10-12-11-14-12/h7,9,12,17H,3-6,8,10-11H2,1-2H3. The fourth-order valence-electron chi connectivity index (χ4n) is 1.38. The molecule has 0 bridgehead atoms. The first-order chi connectivity index (χ1) is 8.36. The van der Waals surface area contributed by atoms with E-state index in [1.807, 2.05) is 13.8 Å². The van der Waals surface area contributed by atoms with Gasteiger partial charge >= 0.3 is 9.28 Å². The lowest BCUT2D eigenvalue weighted by atomic mass is 10.3. The van der Waals surface area contributed by atoms with Crippen LogP contribution in [0.5, 0.6) is 0 Å². The Kier molecular flexibility index (Phi) is 8.55. The predicted molar refractivity (Wildman–Crippen MR) is 69.3 cm³/mol. The summed E-state index contributed by atoms with van der Waals surface area (Å²) < 4.78 is 21.6. The van der Waals surface area contributed by atoms with Crippen molar-refractivity contribution in [2.24, 2.45) is 0 Å². The van der Waals surface area contributed by atoms with Crippen molar-refractivity contribution in [3.8, 4) is 0 Å². The van der Waals surface area contributed by atoms with Crippen molar-refractivity contribution in [1.29, 1.82) is 0 Å². The van der Waals surface area contributed by atoms with E-state index in [2.05, 4.69) is 11.8 Å². The molecule has 0 aromatic rings. The summed E-state index contributed by atoms with van der Waals surface area (Å²) >= 11 is 0. The normalized spacial score (nSPS) is 19.4. The SMILES string of the molecule is CCO[SiH](C=CCCCOCC1CO1)OCC. The van der Waals surface area contributed by atoms with Gasteiger partial charge in [-0.1, -0.05) is 6.08 Å². The van der Waals surface area contributed by atoms with Crippen LogP contribution in [-0.4, -0.2) is 48.4 Å². The Morgan fingerprint density at radius 1 is 1.29 bits per heavy atom. The van der Waals surface area contributed by atoms with Crippen LogP contribution in [-0.2, 0) is 18.3 Å². The second kappa shape index (κ2) is 9.79. The maximum Gasteiger partial charge on any atom is 0.348 e. The second-order valence-electron chi connectivity index (χ2n) is 3.88. The summed E-state index contributed by atoms with van der Waals surface area (Å²) in [6.07, 6.45) is 4.59. The van der Waals surface area contributed by atoms with E-state index in [1.54, 1.807) is 0 Å². The van der Waals surface area contributed by atoms with Crippen molar-refractivity contribution in [3.63, 3.8) is 0 Å². The average molecular weight is 260 g/mol. The van der Waals surface area contributed by atoms with Crippen LogP contribution in [0.4, 0.5) is 0 Å². The highest BCUT2D eigenvalue weighted by Crippen LogP contribution is 2.08. The van der Waals surface area contributed by atoms with Gasteiger partial charge in [-0.15, -0.1) is 0 Å². The molecule has 1 saturated heterocycles. The van der Waals surface area contributed by atoms with Gasteiger partial charge in [-0.2, -0.15) is 0 Å². The van der Waals surface area contributed by atoms with Gasteiger partial charge in [0.15, 0.2) is 0 Å². The summed E-state index contributed by atoms with van der Waals surface area (Å²) in [6.45, 7) is 7.88. The van der Waals surface area contributed by atoms with Crippen molar-refractivity contribution in [2.75, 3.05) is 33.0 Å². The van der Waals surface area contributed by atoms with E-state index in [1.165, 1.54) is 0 Å². The summed E-state index contributed by atoms with van der Waals surface area (Å²) in [5, 5.41) is 0. The van der Waals surface area contributed by atoms with E-state index in [9.17, 15) is 0 Å². The lowest BCUT2D eigenvalue weighted by Gasteiger charge is -2.09. The van der Waals surface area contributed by atoms with Gasteiger partial charge in [0.1, 0.15) is 6.10 Å². The van der Waals surface area contributed by atoms with Crippen molar-refractivity contribution in [3.05, 3.63) is 11.8 Å². The largest absolute Gasteiger partial charge is 0.394 e.